The van der Waals surface area contributed by atoms with Gasteiger partial charge in [-0.2, -0.15) is 0 Å². The molecule has 0 saturated heterocycles. The van der Waals surface area contributed by atoms with Gasteiger partial charge in [0.05, 0.1) is 0 Å². The SMILES string of the molecule is CC(N)Cc1cc(Br)c2c(c1)CCS2. The van der Waals surface area contributed by atoms with Crippen LogP contribution < -0.4 is 5.73 Å². The molecule has 1 aromatic rings. The Morgan fingerprint density at radius 3 is 3.07 bits per heavy atom. The highest BCUT2D eigenvalue weighted by molar-refractivity contribution is 9.10. The molecule has 0 saturated carbocycles. The first kappa shape index (κ1) is 10.5. The van der Waals surface area contributed by atoms with Crippen LogP contribution in [0.15, 0.2) is 21.5 Å². The van der Waals surface area contributed by atoms with E-state index in [1.54, 1.807) is 0 Å². The van der Waals surface area contributed by atoms with Crippen molar-refractivity contribution in [3.05, 3.63) is 27.7 Å². The summed E-state index contributed by atoms with van der Waals surface area (Å²) in [5.41, 5.74) is 8.64. The Kier molecular flexibility index (Phi) is 3.20. The summed E-state index contributed by atoms with van der Waals surface area (Å²) in [6.07, 6.45) is 2.17. The van der Waals surface area contributed by atoms with Gasteiger partial charge in [-0.05, 0) is 52.9 Å². The maximum absolute atomic E-state index is 5.80. The van der Waals surface area contributed by atoms with Gasteiger partial charge in [0.2, 0.25) is 0 Å². The normalized spacial score (nSPS) is 16.8. The number of hydrogen-bond acceptors (Lipinski definition) is 2. The van der Waals surface area contributed by atoms with E-state index in [1.165, 1.54) is 32.7 Å². The minimum absolute atomic E-state index is 0.244. The van der Waals surface area contributed by atoms with E-state index in [2.05, 4.69) is 35.0 Å². The van der Waals surface area contributed by atoms with Crippen molar-refractivity contribution in [2.45, 2.75) is 30.7 Å². The first-order valence-corrected chi connectivity index (χ1v) is 6.64. The van der Waals surface area contributed by atoms with Crippen molar-refractivity contribution >= 4 is 27.7 Å². The van der Waals surface area contributed by atoms with Crippen LogP contribution in [0.3, 0.4) is 0 Å². The number of rotatable bonds is 2. The molecule has 2 N–H and O–H groups in total. The van der Waals surface area contributed by atoms with Crippen LogP contribution in [0.25, 0.3) is 0 Å². The van der Waals surface area contributed by atoms with Crippen molar-refractivity contribution in [2.75, 3.05) is 5.75 Å². The lowest BCUT2D eigenvalue weighted by molar-refractivity contribution is 0.736. The van der Waals surface area contributed by atoms with Gasteiger partial charge < -0.3 is 5.73 Å². The Bertz CT molecular complexity index is 349. The molecule has 1 heterocycles. The number of nitrogens with two attached hydrogens (primary N) is 1. The molecule has 14 heavy (non-hydrogen) atoms. The molecule has 3 heteroatoms. The number of hydrogen-bond donors (Lipinski definition) is 1. The average molecular weight is 272 g/mol. The molecule has 2 rings (SSSR count). The van der Waals surface area contributed by atoms with E-state index in [0.29, 0.717) is 0 Å². The summed E-state index contributed by atoms with van der Waals surface area (Å²) >= 11 is 5.57. The molecule has 0 bridgehead atoms. The summed E-state index contributed by atoms with van der Waals surface area (Å²) in [7, 11) is 0. The van der Waals surface area contributed by atoms with Crippen LogP contribution in [0.2, 0.25) is 0 Å². The van der Waals surface area contributed by atoms with Crippen molar-refractivity contribution in [2.24, 2.45) is 5.73 Å². The van der Waals surface area contributed by atoms with Gasteiger partial charge in [-0.1, -0.05) is 6.07 Å². The Morgan fingerprint density at radius 2 is 2.36 bits per heavy atom. The monoisotopic (exact) mass is 271 g/mol. The molecule has 76 valence electrons. The van der Waals surface area contributed by atoms with Crippen LogP contribution in [-0.2, 0) is 12.8 Å². The third kappa shape index (κ3) is 2.15. The Labute approximate surface area is 97.6 Å². The Morgan fingerprint density at radius 1 is 1.57 bits per heavy atom. The molecular weight excluding hydrogens is 258 g/mol. The lowest BCUT2D eigenvalue weighted by atomic mass is 10.0. The maximum atomic E-state index is 5.80. The molecule has 0 amide bonds. The van der Waals surface area contributed by atoms with Crippen LogP contribution in [0, 0.1) is 0 Å². The first-order chi connectivity index (χ1) is 6.66. The van der Waals surface area contributed by atoms with E-state index in [-0.39, 0.29) is 6.04 Å². The molecule has 1 aliphatic heterocycles. The lowest BCUT2D eigenvalue weighted by Crippen LogP contribution is -2.17. The fourth-order valence-electron chi connectivity index (χ4n) is 1.81. The van der Waals surface area contributed by atoms with Crippen molar-refractivity contribution in [1.29, 1.82) is 0 Å². The maximum Gasteiger partial charge on any atom is 0.0316 e. The molecule has 0 aliphatic carbocycles. The summed E-state index contributed by atoms with van der Waals surface area (Å²) in [6.45, 7) is 2.05. The molecule has 0 radical (unpaired) electrons. The van der Waals surface area contributed by atoms with E-state index in [1.807, 2.05) is 11.8 Å². The van der Waals surface area contributed by atoms with E-state index < -0.39 is 0 Å². The minimum atomic E-state index is 0.244. The standard InChI is InChI=1S/C11H14BrNS/c1-7(13)4-8-5-9-2-3-14-11(9)10(12)6-8/h5-7H,2-4,13H2,1H3. The van der Waals surface area contributed by atoms with Gasteiger partial charge >= 0.3 is 0 Å². The number of thioether (sulfide) groups is 1. The van der Waals surface area contributed by atoms with Crippen LogP contribution in [0.4, 0.5) is 0 Å². The van der Waals surface area contributed by atoms with E-state index in [4.69, 9.17) is 5.73 Å². The third-order valence-electron chi connectivity index (χ3n) is 2.36. The van der Waals surface area contributed by atoms with Crippen LogP contribution >= 0.6 is 27.7 Å². The van der Waals surface area contributed by atoms with E-state index >= 15 is 0 Å². The van der Waals surface area contributed by atoms with Crippen LogP contribution in [0.1, 0.15) is 18.1 Å². The number of benzene rings is 1. The summed E-state index contributed by atoms with van der Waals surface area (Å²) in [4.78, 5) is 1.43. The second kappa shape index (κ2) is 4.25. The topological polar surface area (TPSA) is 26.0 Å². The second-order valence-corrected chi connectivity index (χ2v) is 5.81. The van der Waals surface area contributed by atoms with Gasteiger partial charge in [0, 0.05) is 21.2 Å². The molecule has 1 atom stereocenters. The van der Waals surface area contributed by atoms with Crippen LogP contribution in [-0.4, -0.2) is 11.8 Å². The number of aryl methyl sites for hydroxylation is 1. The van der Waals surface area contributed by atoms with Crippen molar-refractivity contribution in [3.63, 3.8) is 0 Å². The molecule has 0 spiro atoms. The van der Waals surface area contributed by atoms with Gasteiger partial charge in [-0.25, -0.2) is 0 Å². The van der Waals surface area contributed by atoms with Gasteiger partial charge in [0.25, 0.3) is 0 Å². The fraction of sp³-hybridized carbons (Fsp3) is 0.455. The largest absolute Gasteiger partial charge is 0.328 e. The summed E-state index contributed by atoms with van der Waals surface area (Å²) in [5, 5.41) is 0. The molecule has 1 aliphatic rings. The Hall–Kier alpha value is 0.01000. The van der Waals surface area contributed by atoms with Crippen molar-refractivity contribution in [1.82, 2.24) is 0 Å². The molecule has 0 fully saturated rings. The van der Waals surface area contributed by atoms with Gasteiger partial charge in [0.15, 0.2) is 0 Å². The minimum Gasteiger partial charge on any atom is -0.328 e. The van der Waals surface area contributed by atoms with E-state index in [9.17, 15) is 0 Å². The van der Waals surface area contributed by atoms with E-state index in [0.717, 1.165) is 6.42 Å². The number of halogens is 1. The zero-order valence-electron chi connectivity index (χ0n) is 8.22. The molecule has 0 aromatic heterocycles. The zero-order chi connectivity index (χ0) is 10.1. The summed E-state index contributed by atoms with van der Waals surface area (Å²) < 4.78 is 1.24. The third-order valence-corrected chi connectivity index (χ3v) is 4.42. The summed E-state index contributed by atoms with van der Waals surface area (Å²) in [5.74, 6) is 1.22. The van der Waals surface area contributed by atoms with Crippen molar-refractivity contribution < 1.29 is 0 Å². The average Bonchev–Trinajstić information content (AvgIpc) is 2.50. The highest BCUT2D eigenvalue weighted by Crippen LogP contribution is 2.38. The molecule has 1 unspecified atom stereocenters. The molecule has 1 aromatic carbocycles. The predicted molar refractivity (Wildman–Crippen MR) is 65.9 cm³/mol. The second-order valence-electron chi connectivity index (χ2n) is 3.85. The highest BCUT2D eigenvalue weighted by atomic mass is 79.9. The quantitative estimate of drug-likeness (QED) is 0.895. The van der Waals surface area contributed by atoms with Gasteiger partial charge in [-0.15, -0.1) is 11.8 Å². The van der Waals surface area contributed by atoms with Gasteiger partial charge in [-0.3, -0.25) is 0 Å². The number of fused-ring (bicyclic) bond motifs is 1. The molecule has 1 nitrogen and oxygen atoms in total. The lowest BCUT2D eigenvalue weighted by Gasteiger charge is -2.09. The summed E-state index contributed by atoms with van der Waals surface area (Å²) in [6, 6.07) is 4.76. The fourth-order valence-corrected chi connectivity index (χ4v) is 3.77. The van der Waals surface area contributed by atoms with Gasteiger partial charge in [0.1, 0.15) is 0 Å². The predicted octanol–water partition coefficient (Wildman–Crippen LogP) is 2.99. The molecular formula is C11H14BrNS. The Balaban J connectivity index is 2.32. The van der Waals surface area contributed by atoms with Crippen LogP contribution in [0.5, 0.6) is 0 Å². The van der Waals surface area contributed by atoms with Crippen molar-refractivity contribution in [3.8, 4) is 0 Å². The zero-order valence-corrected chi connectivity index (χ0v) is 10.6. The first-order valence-electron chi connectivity index (χ1n) is 4.86. The highest BCUT2D eigenvalue weighted by Gasteiger charge is 2.15. The smallest absolute Gasteiger partial charge is 0.0316 e.